The number of benzene rings is 2. The summed E-state index contributed by atoms with van der Waals surface area (Å²) in [6, 6.07) is 13.3. The van der Waals surface area contributed by atoms with Crippen molar-refractivity contribution >= 4 is 71.3 Å². The third-order valence-corrected chi connectivity index (χ3v) is 7.97. The number of nitrogens with one attached hydrogen (secondary N) is 1. The topological polar surface area (TPSA) is 81.2 Å². The Balaban J connectivity index is 1.58. The maximum absolute atomic E-state index is 13.1. The fourth-order valence-electron chi connectivity index (χ4n) is 3.40. The van der Waals surface area contributed by atoms with Gasteiger partial charge in [0.15, 0.2) is 0 Å². The van der Waals surface area contributed by atoms with Crippen molar-refractivity contribution in [1.29, 1.82) is 0 Å². The zero-order valence-corrected chi connectivity index (χ0v) is 19.6. The van der Waals surface area contributed by atoms with E-state index < -0.39 is 5.97 Å². The van der Waals surface area contributed by atoms with E-state index in [0.29, 0.717) is 15.4 Å². The van der Waals surface area contributed by atoms with Crippen molar-refractivity contribution in [2.24, 2.45) is 0 Å². The molecular formula is C23H17N3O3S3. The summed E-state index contributed by atoms with van der Waals surface area (Å²) in [5, 5.41) is 4.34. The van der Waals surface area contributed by atoms with Crippen LogP contribution >= 0.6 is 34.0 Å². The van der Waals surface area contributed by atoms with E-state index in [1.807, 2.05) is 43.3 Å². The number of fused-ring (bicyclic) bond motifs is 2. The van der Waals surface area contributed by atoms with Crippen LogP contribution in [0.5, 0.6) is 0 Å². The highest BCUT2D eigenvalue weighted by atomic mass is 32.1. The third kappa shape index (κ3) is 3.68. The number of thiazole rings is 2. The van der Waals surface area contributed by atoms with Gasteiger partial charge in [-0.1, -0.05) is 12.1 Å². The summed E-state index contributed by atoms with van der Waals surface area (Å²) in [6.07, 6.45) is 0. The lowest BCUT2D eigenvalue weighted by Gasteiger charge is -2.06. The Bertz CT molecular complexity index is 1450. The van der Waals surface area contributed by atoms with Crippen molar-refractivity contribution in [3.05, 3.63) is 64.0 Å². The van der Waals surface area contributed by atoms with Gasteiger partial charge >= 0.3 is 5.97 Å². The number of carbonyl (C=O) groups is 2. The lowest BCUT2D eigenvalue weighted by atomic mass is 10.1. The first-order valence-corrected chi connectivity index (χ1v) is 12.4. The molecular weight excluding hydrogens is 462 g/mol. The monoisotopic (exact) mass is 479 g/mol. The first-order chi connectivity index (χ1) is 15.5. The SMILES string of the molecule is CCOC(=O)c1sc(NC(=O)c2ccc3ncsc3c2)c(-c2nc3ccccc3s2)c1C. The summed E-state index contributed by atoms with van der Waals surface area (Å²) in [5.41, 5.74) is 5.53. The number of hydrogen-bond donors (Lipinski definition) is 1. The maximum atomic E-state index is 13.1. The molecule has 9 heteroatoms. The van der Waals surface area contributed by atoms with E-state index in [4.69, 9.17) is 9.72 Å². The molecule has 0 bridgehead atoms. The average Bonchev–Trinajstić information content (AvgIpc) is 3.49. The molecule has 5 rings (SSSR count). The first-order valence-electron chi connectivity index (χ1n) is 9.86. The average molecular weight is 480 g/mol. The van der Waals surface area contributed by atoms with Crippen LogP contribution in [-0.4, -0.2) is 28.5 Å². The van der Waals surface area contributed by atoms with Gasteiger partial charge < -0.3 is 10.1 Å². The van der Waals surface area contributed by atoms with Gasteiger partial charge in [-0.25, -0.2) is 14.8 Å². The highest BCUT2D eigenvalue weighted by molar-refractivity contribution is 7.23. The van der Waals surface area contributed by atoms with Crippen molar-refractivity contribution in [3.8, 4) is 10.6 Å². The van der Waals surface area contributed by atoms with E-state index in [2.05, 4.69) is 10.3 Å². The Hall–Kier alpha value is -3.14. The minimum Gasteiger partial charge on any atom is -0.462 e. The lowest BCUT2D eigenvalue weighted by Crippen LogP contribution is -2.11. The van der Waals surface area contributed by atoms with Gasteiger partial charge in [0.25, 0.3) is 5.91 Å². The molecule has 0 spiro atoms. The van der Waals surface area contributed by atoms with Gasteiger partial charge in [-0.3, -0.25) is 4.79 Å². The van der Waals surface area contributed by atoms with Gasteiger partial charge in [0.05, 0.1) is 32.6 Å². The van der Waals surface area contributed by atoms with Crippen LogP contribution in [0.2, 0.25) is 0 Å². The van der Waals surface area contributed by atoms with Gasteiger partial charge in [0.2, 0.25) is 0 Å². The normalized spacial score (nSPS) is 11.2. The van der Waals surface area contributed by atoms with E-state index in [9.17, 15) is 9.59 Å². The van der Waals surface area contributed by atoms with Crippen LogP contribution in [0.4, 0.5) is 5.00 Å². The van der Waals surface area contributed by atoms with Crippen LogP contribution in [0.25, 0.3) is 31.0 Å². The predicted octanol–water partition coefficient (Wildman–Crippen LogP) is 6.37. The number of nitrogens with zero attached hydrogens (tertiary/aromatic N) is 2. The minimum atomic E-state index is -0.399. The number of anilines is 1. The smallest absolute Gasteiger partial charge is 0.348 e. The second kappa shape index (κ2) is 8.42. The molecule has 0 aliphatic rings. The summed E-state index contributed by atoms with van der Waals surface area (Å²) < 4.78 is 7.22. The number of amides is 1. The number of para-hydroxylation sites is 1. The Kier molecular flexibility index (Phi) is 5.46. The highest BCUT2D eigenvalue weighted by Crippen LogP contribution is 2.43. The van der Waals surface area contributed by atoms with Crippen LogP contribution in [0.3, 0.4) is 0 Å². The van der Waals surface area contributed by atoms with Crippen LogP contribution in [-0.2, 0) is 4.74 Å². The largest absolute Gasteiger partial charge is 0.462 e. The third-order valence-electron chi connectivity index (χ3n) is 4.94. The fourth-order valence-corrected chi connectivity index (χ4v) is 6.35. The Labute approximate surface area is 195 Å². The number of rotatable bonds is 5. The van der Waals surface area contributed by atoms with Crippen molar-refractivity contribution in [2.75, 3.05) is 11.9 Å². The Morgan fingerprint density at radius 1 is 1.06 bits per heavy atom. The summed E-state index contributed by atoms with van der Waals surface area (Å²) >= 11 is 4.23. The quantitative estimate of drug-likeness (QED) is 0.296. The van der Waals surface area contributed by atoms with Gasteiger partial charge in [-0.2, -0.15) is 0 Å². The van der Waals surface area contributed by atoms with Crippen LogP contribution in [0, 0.1) is 6.92 Å². The van der Waals surface area contributed by atoms with Gasteiger partial charge in [0.1, 0.15) is 14.9 Å². The summed E-state index contributed by atoms with van der Waals surface area (Å²) in [7, 11) is 0. The zero-order valence-electron chi connectivity index (χ0n) is 17.2. The molecule has 0 saturated heterocycles. The molecule has 0 unspecified atom stereocenters. The summed E-state index contributed by atoms with van der Waals surface area (Å²) in [6.45, 7) is 3.92. The molecule has 0 radical (unpaired) electrons. The minimum absolute atomic E-state index is 0.251. The second-order valence-corrected chi connectivity index (χ2v) is 9.89. The molecule has 3 aromatic heterocycles. The van der Waals surface area contributed by atoms with Gasteiger partial charge in [0, 0.05) is 11.1 Å². The molecule has 32 heavy (non-hydrogen) atoms. The fraction of sp³-hybridized carbons (Fsp3) is 0.130. The van der Waals surface area contributed by atoms with Gasteiger partial charge in [-0.05, 0) is 49.7 Å². The van der Waals surface area contributed by atoms with E-state index in [1.54, 1.807) is 18.5 Å². The van der Waals surface area contributed by atoms with Crippen LogP contribution in [0.1, 0.15) is 32.5 Å². The molecule has 0 saturated carbocycles. The Morgan fingerprint density at radius 3 is 2.72 bits per heavy atom. The Morgan fingerprint density at radius 2 is 1.91 bits per heavy atom. The number of carbonyl (C=O) groups excluding carboxylic acids is 2. The molecule has 0 atom stereocenters. The van der Waals surface area contributed by atoms with Crippen LogP contribution < -0.4 is 5.32 Å². The molecule has 0 aliphatic carbocycles. The molecule has 160 valence electrons. The highest BCUT2D eigenvalue weighted by Gasteiger charge is 2.25. The van der Waals surface area contributed by atoms with E-state index in [-0.39, 0.29) is 12.5 Å². The van der Waals surface area contributed by atoms with E-state index in [1.165, 1.54) is 34.0 Å². The van der Waals surface area contributed by atoms with Crippen molar-refractivity contribution in [3.63, 3.8) is 0 Å². The second-order valence-electron chi connectivity index (χ2n) is 6.96. The standard InChI is InChI=1S/C23H17N3O3S3/c1-3-29-23(28)19-12(2)18(21-25-15-6-4-5-7-16(15)31-21)22(32-19)26-20(27)13-8-9-14-17(10-13)30-11-24-14/h4-11H,3H2,1-2H3,(H,26,27). The number of esters is 1. The van der Waals surface area contributed by atoms with E-state index >= 15 is 0 Å². The van der Waals surface area contributed by atoms with Crippen LogP contribution in [0.15, 0.2) is 48.0 Å². The van der Waals surface area contributed by atoms with Crippen molar-refractivity contribution in [2.45, 2.75) is 13.8 Å². The number of thiophene rings is 1. The zero-order chi connectivity index (χ0) is 22.2. The first kappa shape index (κ1) is 20.7. The van der Waals surface area contributed by atoms with Crippen molar-refractivity contribution < 1.29 is 14.3 Å². The molecule has 1 amide bonds. The molecule has 0 fully saturated rings. The lowest BCUT2D eigenvalue weighted by molar-refractivity contribution is 0.0531. The predicted molar refractivity (Wildman–Crippen MR) is 131 cm³/mol. The number of ether oxygens (including phenoxy) is 1. The number of hydrogen-bond acceptors (Lipinski definition) is 8. The van der Waals surface area contributed by atoms with E-state index in [0.717, 1.165) is 36.6 Å². The summed E-state index contributed by atoms with van der Waals surface area (Å²) in [4.78, 5) is 35.1. The molecule has 6 nitrogen and oxygen atoms in total. The molecule has 5 aromatic rings. The van der Waals surface area contributed by atoms with Crippen molar-refractivity contribution in [1.82, 2.24) is 9.97 Å². The molecule has 3 heterocycles. The van der Waals surface area contributed by atoms with Gasteiger partial charge in [-0.15, -0.1) is 34.0 Å². The number of aromatic nitrogens is 2. The molecule has 1 N–H and O–H groups in total. The maximum Gasteiger partial charge on any atom is 0.348 e. The molecule has 0 aliphatic heterocycles. The molecule has 2 aromatic carbocycles. The summed E-state index contributed by atoms with van der Waals surface area (Å²) in [5.74, 6) is -0.650.